The van der Waals surface area contributed by atoms with Crippen LogP contribution in [0.15, 0.2) is 18.2 Å². The molecule has 0 aliphatic carbocycles. The van der Waals surface area contributed by atoms with Crippen molar-refractivity contribution < 1.29 is 18.7 Å². The fourth-order valence-electron chi connectivity index (χ4n) is 2.06. The summed E-state index contributed by atoms with van der Waals surface area (Å²) in [6.07, 6.45) is -0.660. The number of thiocarbonyl (C=S) groups is 1. The van der Waals surface area contributed by atoms with E-state index in [4.69, 9.17) is 22.7 Å². The highest BCUT2D eigenvalue weighted by Crippen LogP contribution is 2.21. The second-order valence-electron chi connectivity index (χ2n) is 4.36. The van der Waals surface area contributed by atoms with Crippen LogP contribution in [-0.2, 0) is 14.3 Å². The normalized spacial score (nSPS) is 18.7. The predicted molar refractivity (Wildman–Crippen MR) is 76.3 cm³/mol. The summed E-state index contributed by atoms with van der Waals surface area (Å²) in [7, 11) is 1.31. The Balaban J connectivity index is 2.17. The Hall–Kier alpha value is -1.73. The summed E-state index contributed by atoms with van der Waals surface area (Å²) in [4.78, 5) is 13.3. The van der Waals surface area contributed by atoms with Gasteiger partial charge in [0.1, 0.15) is 10.8 Å². The number of methoxy groups -OCH3 is 1. The van der Waals surface area contributed by atoms with Crippen molar-refractivity contribution in [2.75, 3.05) is 31.7 Å². The third-order valence-electron chi connectivity index (χ3n) is 3.11. The SMILES string of the molecule is COC(=O)C1CN(c2ccc(C(N)=S)c(F)c2)CCO1. The van der Waals surface area contributed by atoms with Crippen LogP contribution in [0.4, 0.5) is 10.1 Å². The second kappa shape index (κ2) is 6.15. The zero-order valence-corrected chi connectivity index (χ0v) is 11.8. The molecule has 0 bridgehead atoms. The lowest BCUT2D eigenvalue weighted by Crippen LogP contribution is -2.46. The van der Waals surface area contributed by atoms with E-state index in [2.05, 4.69) is 4.74 Å². The smallest absolute Gasteiger partial charge is 0.336 e. The van der Waals surface area contributed by atoms with Gasteiger partial charge in [0.05, 0.1) is 20.3 Å². The maximum atomic E-state index is 13.9. The average molecular weight is 298 g/mol. The number of anilines is 1. The number of halogens is 1. The Bertz CT molecular complexity index is 538. The molecule has 0 amide bonds. The predicted octanol–water partition coefficient (Wildman–Crippen LogP) is 0.838. The fraction of sp³-hybridized carbons (Fsp3) is 0.385. The van der Waals surface area contributed by atoms with Crippen molar-refractivity contribution in [2.24, 2.45) is 5.73 Å². The van der Waals surface area contributed by atoms with E-state index in [0.29, 0.717) is 25.4 Å². The van der Waals surface area contributed by atoms with E-state index in [1.807, 2.05) is 4.90 Å². The largest absolute Gasteiger partial charge is 0.467 e. The second-order valence-corrected chi connectivity index (χ2v) is 4.80. The third-order valence-corrected chi connectivity index (χ3v) is 3.33. The minimum Gasteiger partial charge on any atom is -0.467 e. The van der Waals surface area contributed by atoms with E-state index in [1.165, 1.54) is 19.2 Å². The number of hydrogen-bond donors (Lipinski definition) is 1. The quantitative estimate of drug-likeness (QED) is 0.659. The van der Waals surface area contributed by atoms with Crippen LogP contribution >= 0.6 is 12.2 Å². The van der Waals surface area contributed by atoms with E-state index in [0.717, 1.165) is 0 Å². The number of nitrogens with two attached hydrogens (primary N) is 1. The van der Waals surface area contributed by atoms with E-state index in [1.54, 1.807) is 6.07 Å². The van der Waals surface area contributed by atoms with Crippen molar-refractivity contribution in [3.05, 3.63) is 29.6 Å². The first-order valence-corrected chi connectivity index (χ1v) is 6.47. The molecule has 0 spiro atoms. The summed E-state index contributed by atoms with van der Waals surface area (Å²) in [5, 5.41) is 0. The van der Waals surface area contributed by atoms with Gasteiger partial charge in [0.25, 0.3) is 0 Å². The zero-order chi connectivity index (χ0) is 14.7. The van der Waals surface area contributed by atoms with Crippen LogP contribution in [0.3, 0.4) is 0 Å². The van der Waals surface area contributed by atoms with Crippen LogP contribution in [0.5, 0.6) is 0 Å². The molecule has 1 heterocycles. The van der Waals surface area contributed by atoms with E-state index < -0.39 is 17.9 Å². The maximum absolute atomic E-state index is 13.9. The molecule has 2 rings (SSSR count). The van der Waals surface area contributed by atoms with Gasteiger partial charge in [0.15, 0.2) is 6.10 Å². The number of carbonyl (C=O) groups excluding carboxylic acids is 1. The molecular formula is C13H15FN2O3S. The molecule has 1 atom stereocenters. The molecule has 2 N–H and O–H groups in total. The number of benzene rings is 1. The van der Waals surface area contributed by atoms with Gasteiger partial charge in [-0.1, -0.05) is 12.2 Å². The monoisotopic (exact) mass is 298 g/mol. The van der Waals surface area contributed by atoms with Gasteiger partial charge in [-0.05, 0) is 18.2 Å². The van der Waals surface area contributed by atoms with E-state index in [-0.39, 0.29) is 10.6 Å². The van der Waals surface area contributed by atoms with Crippen LogP contribution in [-0.4, -0.2) is 43.9 Å². The Kier molecular flexibility index (Phi) is 4.51. The molecule has 1 saturated heterocycles. The van der Waals surface area contributed by atoms with Gasteiger partial charge < -0.3 is 20.1 Å². The summed E-state index contributed by atoms with van der Waals surface area (Å²) in [5.41, 5.74) is 6.28. The molecule has 0 saturated carbocycles. The lowest BCUT2D eigenvalue weighted by Gasteiger charge is -2.33. The first-order valence-electron chi connectivity index (χ1n) is 6.06. The number of carbonyl (C=O) groups is 1. The number of esters is 1. The first-order chi connectivity index (χ1) is 9.52. The molecule has 0 radical (unpaired) electrons. The zero-order valence-electron chi connectivity index (χ0n) is 11.0. The van der Waals surface area contributed by atoms with Crippen LogP contribution < -0.4 is 10.6 Å². The highest BCUT2D eigenvalue weighted by Gasteiger charge is 2.27. The maximum Gasteiger partial charge on any atom is 0.336 e. The van der Waals surface area contributed by atoms with Gasteiger partial charge in [-0.2, -0.15) is 0 Å². The van der Waals surface area contributed by atoms with Crippen LogP contribution in [0.25, 0.3) is 0 Å². The Morgan fingerprint density at radius 2 is 2.35 bits per heavy atom. The molecule has 1 aromatic carbocycles. The van der Waals surface area contributed by atoms with Gasteiger partial charge in [0.2, 0.25) is 0 Å². The van der Waals surface area contributed by atoms with Crippen molar-refractivity contribution in [3.8, 4) is 0 Å². The lowest BCUT2D eigenvalue weighted by atomic mass is 10.1. The van der Waals surface area contributed by atoms with Crippen molar-refractivity contribution >= 4 is 28.9 Å². The fourth-order valence-corrected chi connectivity index (χ4v) is 2.22. The van der Waals surface area contributed by atoms with Gasteiger partial charge >= 0.3 is 5.97 Å². The molecule has 1 aliphatic rings. The molecule has 108 valence electrons. The molecule has 1 fully saturated rings. The number of rotatable bonds is 3. The molecule has 1 aromatic rings. The van der Waals surface area contributed by atoms with Crippen molar-refractivity contribution in [1.82, 2.24) is 0 Å². The minimum atomic E-state index is -0.660. The van der Waals surface area contributed by atoms with Gasteiger partial charge in [-0.15, -0.1) is 0 Å². The Morgan fingerprint density at radius 1 is 1.60 bits per heavy atom. The molecule has 1 aliphatic heterocycles. The highest BCUT2D eigenvalue weighted by atomic mass is 32.1. The lowest BCUT2D eigenvalue weighted by molar-refractivity contribution is -0.154. The average Bonchev–Trinajstić information content (AvgIpc) is 2.46. The molecule has 5 nitrogen and oxygen atoms in total. The molecule has 0 aromatic heterocycles. The number of nitrogens with zero attached hydrogens (tertiary/aromatic N) is 1. The Labute approximate surface area is 121 Å². The van der Waals surface area contributed by atoms with Crippen molar-refractivity contribution in [3.63, 3.8) is 0 Å². The van der Waals surface area contributed by atoms with Gasteiger partial charge in [-0.3, -0.25) is 0 Å². The van der Waals surface area contributed by atoms with Crippen LogP contribution in [0, 0.1) is 5.82 Å². The van der Waals surface area contributed by atoms with Gasteiger partial charge in [0, 0.05) is 17.8 Å². The van der Waals surface area contributed by atoms with E-state index >= 15 is 0 Å². The molecule has 20 heavy (non-hydrogen) atoms. The summed E-state index contributed by atoms with van der Waals surface area (Å²) < 4.78 is 23.8. The van der Waals surface area contributed by atoms with Gasteiger partial charge in [-0.25, -0.2) is 9.18 Å². The minimum absolute atomic E-state index is 0.0171. The molecule has 7 heteroatoms. The van der Waals surface area contributed by atoms with Crippen molar-refractivity contribution in [2.45, 2.75) is 6.10 Å². The Morgan fingerprint density at radius 3 is 2.95 bits per heavy atom. The summed E-state index contributed by atoms with van der Waals surface area (Å²) in [6, 6.07) is 4.61. The molecular weight excluding hydrogens is 283 g/mol. The summed E-state index contributed by atoms with van der Waals surface area (Å²) in [5.74, 6) is -0.911. The van der Waals surface area contributed by atoms with E-state index in [9.17, 15) is 9.18 Å². The highest BCUT2D eigenvalue weighted by molar-refractivity contribution is 7.80. The third kappa shape index (κ3) is 3.05. The van der Waals surface area contributed by atoms with Crippen molar-refractivity contribution in [1.29, 1.82) is 0 Å². The number of ether oxygens (including phenoxy) is 2. The van der Waals surface area contributed by atoms with Crippen LogP contribution in [0.1, 0.15) is 5.56 Å². The number of morpholine rings is 1. The summed E-state index contributed by atoms with van der Waals surface area (Å²) >= 11 is 4.76. The first kappa shape index (κ1) is 14.7. The number of hydrogen-bond acceptors (Lipinski definition) is 5. The topological polar surface area (TPSA) is 64.8 Å². The molecule has 1 unspecified atom stereocenters. The standard InChI is InChI=1S/C13H15FN2O3S/c1-18-13(17)11-7-16(4-5-19-11)8-2-3-9(12(15)20)10(14)6-8/h2-3,6,11H,4-5,7H2,1H3,(H2,15,20). The summed E-state index contributed by atoms with van der Waals surface area (Å²) in [6.45, 7) is 1.26. The van der Waals surface area contributed by atoms with Crippen LogP contribution in [0.2, 0.25) is 0 Å².